The SMILES string of the molecule is CCn1c(=O)c2ccccc2n2c(COc3ccc4ncccc4c3)nnc12. The Morgan fingerprint density at radius 2 is 1.93 bits per heavy atom. The van der Waals surface area contributed by atoms with E-state index >= 15 is 0 Å². The van der Waals surface area contributed by atoms with E-state index in [4.69, 9.17) is 4.74 Å². The van der Waals surface area contributed by atoms with E-state index in [-0.39, 0.29) is 12.2 Å². The lowest BCUT2D eigenvalue weighted by Crippen LogP contribution is -2.22. The molecular weight excluding hydrogens is 354 g/mol. The molecule has 0 saturated carbocycles. The number of nitrogens with zero attached hydrogens (tertiary/aromatic N) is 5. The number of hydrogen-bond donors (Lipinski definition) is 0. The molecule has 5 aromatic rings. The molecule has 0 N–H and O–H groups in total. The molecule has 5 rings (SSSR count). The lowest BCUT2D eigenvalue weighted by Gasteiger charge is -2.10. The van der Waals surface area contributed by atoms with Crippen LogP contribution in [0.5, 0.6) is 5.75 Å². The molecule has 0 spiro atoms. The number of ether oxygens (including phenoxy) is 1. The van der Waals surface area contributed by atoms with Crippen LogP contribution in [0.3, 0.4) is 0 Å². The summed E-state index contributed by atoms with van der Waals surface area (Å²) < 4.78 is 9.50. The number of para-hydroxylation sites is 1. The number of pyridine rings is 1. The highest BCUT2D eigenvalue weighted by atomic mass is 16.5. The molecule has 3 aromatic heterocycles. The molecule has 0 aliphatic rings. The maximum absolute atomic E-state index is 12.7. The van der Waals surface area contributed by atoms with Crippen molar-refractivity contribution < 1.29 is 4.74 Å². The van der Waals surface area contributed by atoms with Crippen molar-refractivity contribution in [1.29, 1.82) is 0 Å². The highest BCUT2D eigenvalue weighted by Crippen LogP contribution is 2.21. The maximum atomic E-state index is 12.7. The summed E-state index contributed by atoms with van der Waals surface area (Å²) in [4.78, 5) is 17.1. The van der Waals surface area contributed by atoms with Gasteiger partial charge in [-0.1, -0.05) is 18.2 Å². The van der Waals surface area contributed by atoms with Gasteiger partial charge in [0.2, 0.25) is 5.78 Å². The molecule has 7 nitrogen and oxygen atoms in total. The summed E-state index contributed by atoms with van der Waals surface area (Å²) in [5, 5.41) is 10.2. The molecule has 3 heterocycles. The zero-order chi connectivity index (χ0) is 19.1. The Hall–Kier alpha value is -3.74. The molecule has 0 amide bonds. The zero-order valence-electron chi connectivity index (χ0n) is 15.2. The maximum Gasteiger partial charge on any atom is 0.262 e. The van der Waals surface area contributed by atoms with Crippen LogP contribution in [0, 0.1) is 0 Å². The smallest absolute Gasteiger partial charge is 0.262 e. The average molecular weight is 371 g/mol. The van der Waals surface area contributed by atoms with E-state index in [0.717, 1.165) is 22.2 Å². The first-order chi connectivity index (χ1) is 13.8. The van der Waals surface area contributed by atoms with Crippen LogP contribution in [0.1, 0.15) is 12.7 Å². The lowest BCUT2D eigenvalue weighted by atomic mass is 10.2. The fourth-order valence-electron chi connectivity index (χ4n) is 3.48. The molecule has 138 valence electrons. The van der Waals surface area contributed by atoms with Crippen molar-refractivity contribution in [2.45, 2.75) is 20.1 Å². The van der Waals surface area contributed by atoms with Crippen LogP contribution in [-0.4, -0.2) is 24.1 Å². The number of hydrogen-bond acceptors (Lipinski definition) is 5. The van der Waals surface area contributed by atoms with Gasteiger partial charge in [0, 0.05) is 18.1 Å². The highest BCUT2D eigenvalue weighted by molar-refractivity contribution is 5.81. The first-order valence-electron chi connectivity index (χ1n) is 9.09. The number of rotatable bonds is 4. The van der Waals surface area contributed by atoms with Gasteiger partial charge in [-0.05, 0) is 43.3 Å². The second kappa shape index (κ2) is 6.45. The van der Waals surface area contributed by atoms with Gasteiger partial charge >= 0.3 is 0 Å². The second-order valence-electron chi connectivity index (χ2n) is 6.46. The van der Waals surface area contributed by atoms with E-state index in [2.05, 4.69) is 15.2 Å². The predicted octanol–water partition coefficient (Wildman–Crippen LogP) is 3.19. The molecule has 0 bridgehead atoms. The molecule has 0 fully saturated rings. The van der Waals surface area contributed by atoms with Gasteiger partial charge in [0.1, 0.15) is 12.4 Å². The van der Waals surface area contributed by atoms with Crippen LogP contribution in [0.15, 0.2) is 65.6 Å². The van der Waals surface area contributed by atoms with Gasteiger partial charge in [-0.15, -0.1) is 10.2 Å². The molecule has 28 heavy (non-hydrogen) atoms. The fraction of sp³-hybridized carbons (Fsp3) is 0.143. The summed E-state index contributed by atoms with van der Waals surface area (Å²) >= 11 is 0. The first-order valence-corrected chi connectivity index (χ1v) is 9.09. The van der Waals surface area contributed by atoms with Crippen molar-refractivity contribution >= 4 is 27.6 Å². The topological polar surface area (TPSA) is 74.3 Å². The molecule has 0 aliphatic heterocycles. The fourth-order valence-corrected chi connectivity index (χ4v) is 3.48. The van der Waals surface area contributed by atoms with Crippen molar-refractivity contribution in [2.75, 3.05) is 0 Å². The van der Waals surface area contributed by atoms with Crippen molar-refractivity contribution in [1.82, 2.24) is 24.1 Å². The molecule has 7 heteroatoms. The van der Waals surface area contributed by atoms with E-state index in [1.165, 1.54) is 0 Å². The summed E-state index contributed by atoms with van der Waals surface area (Å²) in [7, 11) is 0. The molecule has 0 radical (unpaired) electrons. The van der Waals surface area contributed by atoms with Crippen molar-refractivity contribution in [3.8, 4) is 5.75 Å². The van der Waals surface area contributed by atoms with Crippen LogP contribution in [0.2, 0.25) is 0 Å². The zero-order valence-corrected chi connectivity index (χ0v) is 15.2. The minimum atomic E-state index is -0.0625. The Labute approximate surface area is 159 Å². The van der Waals surface area contributed by atoms with E-state index in [1.807, 2.05) is 65.9 Å². The van der Waals surface area contributed by atoms with E-state index in [1.54, 1.807) is 10.8 Å². The van der Waals surface area contributed by atoms with Crippen LogP contribution < -0.4 is 10.3 Å². The summed E-state index contributed by atoms with van der Waals surface area (Å²) in [5.74, 6) is 1.89. The highest BCUT2D eigenvalue weighted by Gasteiger charge is 2.15. The second-order valence-corrected chi connectivity index (χ2v) is 6.46. The third-order valence-electron chi connectivity index (χ3n) is 4.83. The van der Waals surface area contributed by atoms with Crippen LogP contribution in [0.25, 0.3) is 27.6 Å². The Kier molecular flexibility index (Phi) is 3.79. The number of aryl methyl sites for hydroxylation is 1. The van der Waals surface area contributed by atoms with E-state index in [9.17, 15) is 4.79 Å². The van der Waals surface area contributed by atoms with Crippen molar-refractivity contribution in [3.63, 3.8) is 0 Å². The summed E-state index contributed by atoms with van der Waals surface area (Å²) in [6.45, 7) is 2.67. The van der Waals surface area contributed by atoms with Gasteiger partial charge in [-0.3, -0.25) is 18.7 Å². The summed E-state index contributed by atoms with van der Waals surface area (Å²) in [6.07, 6.45) is 1.77. The van der Waals surface area contributed by atoms with Gasteiger partial charge in [0.05, 0.1) is 16.4 Å². The minimum Gasteiger partial charge on any atom is -0.486 e. The lowest BCUT2D eigenvalue weighted by molar-refractivity contribution is 0.295. The van der Waals surface area contributed by atoms with Crippen molar-refractivity contribution in [2.24, 2.45) is 0 Å². The Morgan fingerprint density at radius 1 is 1.04 bits per heavy atom. The molecular formula is C21H17N5O2. The molecule has 0 atom stereocenters. The van der Waals surface area contributed by atoms with Gasteiger partial charge in [0.15, 0.2) is 5.82 Å². The van der Waals surface area contributed by atoms with Crippen molar-refractivity contribution in [3.05, 3.63) is 77.0 Å². The van der Waals surface area contributed by atoms with Gasteiger partial charge < -0.3 is 4.74 Å². The monoisotopic (exact) mass is 371 g/mol. The standard InChI is InChI=1S/C21H17N5O2/c1-2-25-20(27)16-7-3-4-8-18(16)26-19(23-24-21(25)26)13-28-15-9-10-17-14(12-15)6-5-11-22-17/h3-12H,2,13H2,1H3. The van der Waals surface area contributed by atoms with E-state index in [0.29, 0.717) is 23.5 Å². The minimum absolute atomic E-state index is 0.0625. The number of fused-ring (bicyclic) bond motifs is 4. The Morgan fingerprint density at radius 3 is 2.82 bits per heavy atom. The molecule has 2 aromatic carbocycles. The summed E-state index contributed by atoms with van der Waals surface area (Å²) in [5.41, 5.74) is 1.63. The first kappa shape index (κ1) is 16.4. The third-order valence-corrected chi connectivity index (χ3v) is 4.83. The average Bonchev–Trinajstić information content (AvgIpc) is 3.16. The van der Waals surface area contributed by atoms with Gasteiger partial charge in [-0.2, -0.15) is 0 Å². The molecule has 0 aliphatic carbocycles. The number of aromatic nitrogens is 5. The quantitative estimate of drug-likeness (QED) is 0.485. The van der Waals surface area contributed by atoms with Crippen LogP contribution >= 0.6 is 0 Å². The van der Waals surface area contributed by atoms with E-state index < -0.39 is 0 Å². The van der Waals surface area contributed by atoms with Crippen LogP contribution in [-0.2, 0) is 13.2 Å². The Balaban J connectivity index is 1.59. The normalized spacial score (nSPS) is 11.5. The molecule has 0 unspecified atom stereocenters. The third kappa shape index (κ3) is 2.51. The largest absolute Gasteiger partial charge is 0.486 e. The van der Waals surface area contributed by atoms with Gasteiger partial charge in [0.25, 0.3) is 5.56 Å². The number of benzene rings is 2. The molecule has 0 saturated heterocycles. The predicted molar refractivity (Wildman–Crippen MR) is 107 cm³/mol. The van der Waals surface area contributed by atoms with Crippen LogP contribution in [0.4, 0.5) is 0 Å². The summed E-state index contributed by atoms with van der Waals surface area (Å²) in [6, 6.07) is 17.1. The van der Waals surface area contributed by atoms with Gasteiger partial charge in [-0.25, -0.2) is 0 Å². The Bertz CT molecular complexity index is 1390.